The second-order valence-electron chi connectivity index (χ2n) is 3.58. The minimum atomic E-state index is -0.442. The fourth-order valence-corrected chi connectivity index (χ4v) is 1.79. The van der Waals surface area contributed by atoms with Gasteiger partial charge in [-0.05, 0) is 25.1 Å². The summed E-state index contributed by atoms with van der Waals surface area (Å²) in [5.74, 6) is 0.650. The van der Waals surface area contributed by atoms with Gasteiger partial charge < -0.3 is 10.1 Å². The fourth-order valence-electron chi connectivity index (χ4n) is 1.45. The van der Waals surface area contributed by atoms with Gasteiger partial charge in [-0.3, -0.25) is 0 Å². The van der Waals surface area contributed by atoms with Gasteiger partial charge in [0.15, 0.2) is 11.6 Å². The van der Waals surface area contributed by atoms with E-state index in [-0.39, 0.29) is 5.75 Å². The van der Waals surface area contributed by atoms with Gasteiger partial charge in [0.2, 0.25) is 5.88 Å². The van der Waals surface area contributed by atoms with Gasteiger partial charge in [0.1, 0.15) is 12.1 Å². The molecule has 6 heteroatoms. The van der Waals surface area contributed by atoms with Crippen LogP contribution in [0.1, 0.15) is 5.56 Å². The lowest BCUT2D eigenvalue weighted by Crippen LogP contribution is -2.00. The third-order valence-corrected chi connectivity index (χ3v) is 2.87. The SMILES string of the molecule is CNc1ncnc(Oc2cc(Br)ccc2F)c1C. The molecular weight excluding hydrogens is 301 g/mol. The van der Waals surface area contributed by atoms with E-state index in [4.69, 9.17) is 4.74 Å². The summed E-state index contributed by atoms with van der Waals surface area (Å²) < 4.78 is 19.8. The normalized spacial score (nSPS) is 10.2. The molecule has 94 valence electrons. The van der Waals surface area contributed by atoms with Gasteiger partial charge in [-0.1, -0.05) is 15.9 Å². The standard InChI is InChI=1S/C12H11BrFN3O/c1-7-11(15-2)16-6-17-12(7)18-10-5-8(13)3-4-9(10)14/h3-6H,1-2H3,(H,15,16,17). The quantitative estimate of drug-likeness (QED) is 0.942. The predicted octanol–water partition coefficient (Wildman–Crippen LogP) is 3.52. The molecule has 18 heavy (non-hydrogen) atoms. The van der Waals surface area contributed by atoms with Crippen LogP contribution in [0.25, 0.3) is 0 Å². The number of anilines is 1. The maximum atomic E-state index is 13.6. The van der Waals surface area contributed by atoms with Gasteiger partial charge in [0.05, 0.1) is 5.56 Å². The second kappa shape index (κ2) is 5.30. The molecule has 1 aromatic heterocycles. The van der Waals surface area contributed by atoms with Crippen molar-refractivity contribution in [3.05, 3.63) is 40.4 Å². The van der Waals surface area contributed by atoms with E-state index in [9.17, 15) is 4.39 Å². The van der Waals surface area contributed by atoms with Crippen LogP contribution in [-0.4, -0.2) is 17.0 Å². The van der Waals surface area contributed by atoms with Crippen molar-refractivity contribution < 1.29 is 9.13 Å². The fraction of sp³-hybridized carbons (Fsp3) is 0.167. The van der Waals surface area contributed by atoms with Gasteiger partial charge in [0.25, 0.3) is 0 Å². The zero-order valence-corrected chi connectivity index (χ0v) is 11.5. The minimum Gasteiger partial charge on any atom is -0.435 e. The van der Waals surface area contributed by atoms with Crippen molar-refractivity contribution in [3.63, 3.8) is 0 Å². The zero-order valence-electron chi connectivity index (χ0n) is 9.87. The van der Waals surface area contributed by atoms with Crippen LogP contribution in [0.5, 0.6) is 11.6 Å². The molecule has 0 unspecified atom stereocenters. The molecule has 1 heterocycles. The van der Waals surface area contributed by atoms with E-state index in [1.165, 1.54) is 12.4 Å². The third-order valence-electron chi connectivity index (χ3n) is 2.37. The molecular formula is C12H11BrFN3O. The van der Waals surface area contributed by atoms with Gasteiger partial charge >= 0.3 is 0 Å². The van der Waals surface area contributed by atoms with E-state index in [1.54, 1.807) is 26.1 Å². The Bertz CT molecular complexity index is 577. The summed E-state index contributed by atoms with van der Waals surface area (Å²) in [4.78, 5) is 8.03. The topological polar surface area (TPSA) is 47.0 Å². The average molecular weight is 312 g/mol. The second-order valence-corrected chi connectivity index (χ2v) is 4.49. The zero-order chi connectivity index (χ0) is 13.1. The molecule has 0 aliphatic carbocycles. The Kier molecular flexibility index (Phi) is 3.76. The van der Waals surface area contributed by atoms with Crippen molar-refractivity contribution in [2.24, 2.45) is 0 Å². The van der Waals surface area contributed by atoms with Crippen molar-refractivity contribution in [1.82, 2.24) is 9.97 Å². The summed E-state index contributed by atoms with van der Waals surface area (Å²) in [6, 6.07) is 4.49. The van der Waals surface area contributed by atoms with Gasteiger partial charge in [0, 0.05) is 11.5 Å². The summed E-state index contributed by atoms with van der Waals surface area (Å²) in [5.41, 5.74) is 0.722. The van der Waals surface area contributed by atoms with Crippen molar-refractivity contribution >= 4 is 21.7 Å². The van der Waals surface area contributed by atoms with Crippen molar-refractivity contribution in [3.8, 4) is 11.6 Å². The van der Waals surface area contributed by atoms with Crippen LogP contribution in [0.15, 0.2) is 29.0 Å². The van der Waals surface area contributed by atoms with Crippen LogP contribution in [0.4, 0.5) is 10.2 Å². The van der Waals surface area contributed by atoms with E-state index in [1.807, 2.05) is 0 Å². The largest absolute Gasteiger partial charge is 0.435 e. The van der Waals surface area contributed by atoms with Crippen LogP contribution in [0.3, 0.4) is 0 Å². The van der Waals surface area contributed by atoms with E-state index in [0.717, 1.165) is 10.0 Å². The van der Waals surface area contributed by atoms with E-state index in [0.29, 0.717) is 11.7 Å². The van der Waals surface area contributed by atoms with E-state index in [2.05, 4.69) is 31.2 Å². The Hall–Kier alpha value is -1.69. The molecule has 0 fully saturated rings. The van der Waals surface area contributed by atoms with Gasteiger partial charge in [-0.25, -0.2) is 14.4 Å². The molecule has 4 nitrogen and oxygen atoms in total. The first kappa shape index (κ1) is 12.8. The molecule has 0 aliphatic heterocycles. The highest BCUT2D eigenvalue weighted by atomic mass is 79.9. The van der Waals surface area contributed by atoms with Crippen molar-refractivity contribution in [1.29, 1.82) is 0 Å². The summed E-state index contributed by atoms with van der Waals surface area (Å²) in [6.07, 6.45) is 1.37. The number of hydrogen-bond acceptors (Lipinski definition) is 4. The maximum absolute atomic E-state index is 13.6. The Labute approximate surface area is 112 Å². The molecule has 0 saturated carbocycles. The van der Waals surface area contributed by atoms with Crippen LogP contribution >= 0.6 is 15.9 Å². The maximum Gasteiger partial charge on any atom is 0.227 e. The van der Waals surface area contributed by atoms with Crippen LogP contribution in [0, 0.1) is 12.7 Å². The molecule has 0 amide bonds. The molecule has 0 saturated heterocycles. The van der Waals surface area contributed by atoms with Crippen LogP contribution in [0.2, 0.25) is 0 Å². The molecule has 2 aromatic rings. The van der Waals surface area contributed by atoms with Gasteiger partial charge in [-0.2, -0.15) is 0 Å². The monoisotopic (exact) mass is 311 g/mol. The lowest BCUT2D eigenvalue weighted by molar-refractivity contribution is 0.423. The van der Waals surface area contributed by atoms with Crippen molar-refractivity contribution in [2.75, 3.05) is 12.4 Å². The van der Waals surface area contributed by atoms with Crippen LogP contribution < -0.4 is 10.1 Å². The van der Waals surface area contributed by atoms with E-state index < -0.39 is 5.82 Å². The molecule has 0 bridgehead atoms. The van der Waals surface area contributed by atoms with Crippen LogP contribution in [-0.2, 0) is 0 Å². The summed E-state index contributed by atoms with van der Waals surface area (Å²) in [6.45, 7) is 1.80. The number of halogens is 2. The number of nitrogens with one attached hydrogen (secondary N) is 1. The number of benzene rings is 1. The first-order valence-electron chi connectivity index (χ1n) is 5.24. The lowest BCUT2D eigenvalue weighted by atomic mass is 10.3. The number of rotatable bonds is 3. The molecule has 1 N–H and O–H groups in total. The lowest BCUT2D eigenvalue weighted by Gasteiger charge is -2.10. The van der Waals surface area contributed by atoms with Gasteiger partial charge in [-0.15, -0.1) is 0 Å². The molecule has 1 aromatic carbocycles. The predicted molar refractivity (Wildman–Crippen MR) is 70.5 cm³/mol. The Morgan fingerprint density at radius 2 is 2.11 bits per heavy atom. The summed E-state index contributed by atoms with van der Waals surface area (Å²) >= 11 is 3.26. The molecule has 0 spiro atoms. The number of ether oxygens (including phenoxy) is 1. The first-order chi connectivity index (χ1) is 8.61. The highest BCUT2D eigenvalue weighted by Crippen LogP contribution is 2.29. The molecule has 2 rings (SSSR count). The number of aromatic nitrogens is 2. The minimum absolute atomic E-state index is 0.119. The Morgan fingerprint density at radius 3 is 2.83 bits per heavy atom. The van der Waals surface area contributed by atoms with Crippen molar-refractivity contribution in [2.45, 2.75) is 6.92 Å². The van der Waals surface area contributed by atoms with E-state index >= 15 is 0 Å². The molecule has 0 aliphatic rings. The molecule has 0 atom stereocenters. The highest BCUT2D eigenvalue weighted by Gasteiger charge is 2.11. The first-order valence-corrected chi connectivity index (χ1v) is 6.03. The molecule has 0 radical (unpaired) electrons. The Morgan fingerprint density at radius 1 is 1.33 bits per heavy atom. The summed E-state index contributed by atoms with van der Waals surface area (Å²) in [7, 11) is 1.75. The average Bonchev–Trinajstić information content (AvgIpc) is 2.36. The number of hydrogen-bond donors (Lipinski definition) is 1. The Balaban J connectivity index is 2.37. The third kappa shape index (κ3) is 2.59. The number of nitrogens with zero attached hydrogens (tertiary/aromatic N) is 2. The summed E-state index contributed by atoms with van der Waals surface area (Å²) in [5, 5.41) is 2.91. The smallest absolute Gasteiger partial charge is 0.227 e. The highest BCUT2D eigenvalue weighted by molar-refractivity contribution is 9.10.